The van der Waals surface area contributed by atoms with Gasteiger partial charge in [-0.2, -0.15) is 4.52 Å². The van der Waals surface area contributed by atoms with E-state index in [1.807, 2.05) is 16.6 Å². The van der Waals surface area contributed by atoms with Crippen molar-refractivity contribution in [2.24, 2.45) is 0 Å². The molecule has 0 unspecified atom stereocenters. The lowest BCUT2D eigenvalue weighted by Crippen LogP contribution is -2.40. The highest BCUT2D eigenvalue weighted by Crippen LogP contribution is 2.23. The van der Waals surface area contributed by atoms with Crippen LogP contribution in [0.5, 0.6) is 0 Å². The van der Waals surface area contributed by atoms with Crippen molar-refractivity contribution in [2.45, 2.75) is 51.2 Å². The molecule has 0 N–H and O–H groups in total. The Morgan fingerprint density at radius 1 is 1.08 bits per heavy atom. The first-order chi connectivity index (χ1) is 11.8. The quantitative estimate of drug-likeness (QED) is 0.852. The van der Waals surface area contributed by atoms with Gasteiger partial charge in [-0.1, -0.05) is 6.92 Å². The van der Waals surface area contributed by atoms with Gasteiger partial charge in [0.2, 0.25) is 0 Å². The molecule has 0 aliphatic carbocycles. The number of aryl methyl sites for hydroxylation is 1. The molecule has 0 spiro atoms. The van der Waals surface area contributed by atoms with Crippen LogP contribution in [0.25, 0.3) is 5.65 Å². The van der Waals surface area contributed by atoms with Crippen molar-refractivity contribution in [3.05, 3.63) is 18.0 Å². The van der Waals surface area contributed by atoms with Gasteiger partial charge in [-0.3, -0.25) is 0 Å². The second kappa shape index (κ2) is 7.03. The topological polar surface area (TPSA) is 64.8 Å². The van der Waals surface area contributed by atoms with Crippen molar-refractivity contribution in [2.75, 3.05) is 31.2 Å². The number of piperidine rings is 1. The summed E-state index contributed by atoms with van der Waals surface area (Å²) < 4.78 is 13.5. The highest BCUT2D eigenvalue weighted by atomic mass is 16.5. The summed E-state index contributed by atoms with van der Waals surface area (Å²) in [4.78, 5) is 2.34. The van der Waals surface area contributed by atoms with Crippen LogP contribution in [0, 0.1) is 0 Å². The van der Waals surface area contributed by atoms with Crippen molar-refractivity contribution >= 4 is 11.5 Å². The smallest absolute Gasteiger partial charge is 0.178 e. The summed E-state index contributed by atoms with van der Waals surface area (Å²) in [6.07, 6.45) is 5.76. The molecule has 7 nitrogen and oxygen atoms in total. The van der Waals surface area contributed by atoms with Gasteiger partial charge in [0, 0.05) is 32.7 Å². The number of hydrogen-bond acceptors (Lipinski definition) is 6. The van der Waals surface area contributed by atoms with E-state index >= 15 is 0 Å². The summed E-state index contributed by atoms with van der Waals surface area (Å²) in [6, 6.07) is 4.04. The van der Waals surface area contributed by atoms with Crippen LogP contribution < -0.4 is 4.90 Å². The average molecular weight is 331 g/mol. The van der Waals surface area contributed by atoms with Crippen LogP contribution in [0.15, 0.2) is 12.1 Å². The zero-order valence-electron chi connectivity index (χ0n) is 14.2. The fourth-order valence-electron chi connectivity index (χ4n) is 3.52. The molecule has 2 saturated heterocycles. The molecule has 24 heavy (non-hydrogen) atoms. The second-order valence-electron chi connectivity index (χ2n) is 6.57. The van der Waals surface area contributed by atoms with Crippen LogP contribution >= 0.6 is 0 Å². The van der Waals surface area contributed by atoms with Gasteiger partial charge < -0.3 is 14.4 Å². The van der Waals surface area contributed by atoms with E-state index in [1.54, 1.807) is 0 Å². The molecular weight excluding hydrogens is 306 g/mol. The van der Waals surface area contributed by atoms with Gasteiger partial charge in [-0.05, 0) is 37.8 Å². The lowest BCUT2D eigenvalue weighted by atomic mass is 10.1. The van der Waals surface area contributed by atoms with E-state index in [0.29, 0.717) is 12.2 Å². The van der Waals surface area contributed by atoms with Crippen LogP contribution in [-0.4, -0.2) is 58.3 Å². The normalized spacial score (nSPS) is 20.8. The number of rotatable bonds is 4. The maximum absolute atomic E-state index is 6.26. The Labute approximate surface area is 141 Å². The summed E-state index contributed by atoms with van der Waals surface area (Å²) in [5.41, 5.74) is 0.813. The lowest BCUT2D eigenvalue weighted by molar-refractivity contribution is -0.0744. The molecule has 0 atom stereocenters. The molecule has 2 aliphatic heterocycles. The molecule has 0 amide bonds. The maximum atomic E-state index is 6.26. The van der Waals surface area contributed by atoms with Crippen molar-refractivity contribution in [1.82, 2.24) is 19.8 Å². The predicted octanol–water partition coefficient (Wildman–Crippen LogP) is 1.85. The molecule has 2 fully saturated rings. The van der Waals surface area contributed by atoms with E-state index in [2.05, 4.69) is 22.0 Å². The van der Waals surface area contributed by atoms with Gasteiger partial charge in [0.05, 0.1) is 12.2 Å². The van der Waals surface area contributed by atoms with Gasteiger partial charge in [-0.25, -0.2) is 0 Å². The molecular formula is C17H25N5O2. The van der Waals surface area contributed by atoms with Crippen LogP contribution in [0.2, 0.25) is 0 Å². The largest absolute Gasteiger partial charge is 0.381 e. The van der Waals surface area contributed by atoms with Crippen molar-refractivity contribution in [3.8, 4) is 0 Å². The highest BCUT2D eigenvalue weighted by Gasteiger charge is 2.25. The van der Waals surface area contributed by atoms with Crippen LogP contribution in [0.3, 0.4) is 0 Å². The van der Waals surface area contributed by atoms with Gasteiger partial charge in [-0.15, -0.1) is 15.3 Å². The molecule has 0 aromatic carbocycles. The maximum Gasteiger partial charge on any atom is 0.178 e. The molecule has 2 aliphatic rings. The van der Waals surface area contributed by atoms with E-state index in [4.69, 9.17) is 14.6 Å². The van der Waals surface area contributed by atoms with Gasteiger partial charge in [0.1, 0.15) is 5.82 Å². The molecule has 2 aromatic rings. The van der Waals surface area contributed by atoms with Crippen LogP contribution in [0.1, 0.15) is 38.4 Å². The number of fused-ring (bicyclic) bond motifs is 1. The van der Waals surface area contributed by atoms with E-state index < -0.39 is 0 Å². The second-order valence-corrected chi connectivity index (χ2v) is 6.57. The third kappa shape index (κ3) is 3.23. The molecule has 4 rings (SSSR count). The molecule has 2 aromatic heterocycles. The van der Waals surface area contributed by atoms with Gasteiger partial charge in [0.15, 0.2) is 11.5 Å². The summed E-state index contributed by atoms with van der Waals surface area (Å²) in [7, 11) is 0. The van der Waals surface area contributed by atoms with Crippen molar-refractivity contribution in [3.63, 3.8) is 0 Å². The Bertz CT molecular complexity index is 675. The Kier molecular flexibility index (Phi) is 4.62. The van der Waals surface area contributed by atoms with E-state index in [1.165, 1.54) is 0 Å². The first kappa shape index (κ1) is 15.8. The minimum atomic E-state index is 0.370. The summed E-state index contributed by atoms with van der Waals surface area (Å²) in [5, 5.41) is 13.1. The van der Waals surface area contributed by atoms with E-state index in [0.717, 1.165) is 75.7 Å². The molecule has 0 saturated carbocycles. The Hall–Kier alpha value is -1.73. The summed E-state index contributed by atoms with van der Waals surface area (Å²) in [5.74, 6) is 1.91. The zero-order chi connectivity index (χ0) is 16.4. The van der Waals surface area contributed by atoms with E-state index in [9.17, 15) is 0 Å². The minimum absolute atomic E-state index is 0.370. The van der Waals surface area contributed by atoms with Crippen molar-refractivity contribution in [1.29, 1.82) is 0 Å². The standard InChI is InChI=1S/C17H25N5O2/c1-2-15-18-19-16-3-4-17(20-22(15)16)21-9-5-13(6-10-21)24-14-7-11-23-12-8-14/h3-4,13-14H,2,5-12H2,1H3. The van der Waals surface area contributed by atoms with Gasteiger partial charge >= 0.3 is 0 Å². The monoisotopic (exact) mass is 331 g/mol. The molecule has 0 bridgehead atoms. The molecule has 7 heteroatoms. The van der Waals surface area contributed by atoms with Crippen molar-refractivity contribution < 1.29 is 9.47 Å². The number of ether oxygens (including phenoxy) is 2. The predicted molar refractivity (Wildman–Crippen MR) is 90.3 cm³/mol. The number of anilines is 1. The van der Waals surface area contributed by atoms with Crippen LogP contribution in [-0.2, 0) is 15.9 Å². The molecule has 130 valence electrons. The number of hydrogen-bond donors (Lipinski definition) is 0. The number of aromatic nitrogens is 4. The lowest BCUT2D eigenvalue weighted by Gasteiger charge is -2.35. The Morgan fingerprint density at radius 2 is 1.83 bits per heavy atom. The Morgan fingerprint density at radius 3 is 2.58 bits per heavy atom. The minimum Gasteiger partial charge on any atom is -0.381 e. The average Bonchev–Trinajstić information content (AvgIpc) is 3.05. The molecule has 0 radical (unpaired) electrons. The van der Waals surface area contributed by atoms with Gasteiger partial charge in [0.25, 0.3) is 0 Å². The third-order valence-corrected chi connectivity index (χ3v) is 4.95. The fourth-order valence-corrected chi connectivity index (χ4v) is 3.52. The third-order valence-electron chi connectivity index (χ3n) is 4.95. The van der Waals surface area contributed by atoms with Crippen LogP contribution in [0.4, 0.5) is 5.82 Å². The molecule has 4 heterocycles. The highest BCUT2D eigenvalue weighted by molar-refractivity contribution is 5.46. The SMILES string of the molecule is CCc1nnc2ccc(N3CCC(OC4CCOCC4)CC3)nn12. The number of nitrogens with zero attached hydrogens (tertiary/aromatic N) is 5. The first-order valence-corrected chi connectivity index (χ1v) is 9.03. The first-order valence-electron chi connectivity index (χ1n) is 9.03. The zero-order valence-corrected chi connectivity index (χ0v) is 14.2. The Balaban J connectivity index is 1.38. The fraction of sp³-hybridized carbons (Fsp3) is 0.706. The summed E-state index contributed by atoms with van der Waals surface area (Å²) >= 11 is 0. The van der Waals surface area contributed by atoms with E-state index in [-0.39, 0.29) is 0 Å². The summed E-state index contributed by atoms with van der Waals surface area (Å²) in [6.45, 7) is 5.72.